The van der Waals surface area contributed by atoms with E-state index >= 15 is 0 Å². The van der Waals surface area contributed by atoms with Crippen LogP contribution in [0.4, 0.5) is 0 Å². The molecular weight excluding hydrogens is 288 g/mol. The van der Waals surface area contributed by atoms with Crippen molar-refractivity contribution < 1.29 is 14.6 Å². The zero-order valence-corrected chi connectivity index (χ0v) is 15.0. The predicted molar refractivity (Wildman–Crippen MR) is 91.0 cm³/mol. The molecule has 3 rings (SSSR count). The van der Waals surface area contributed by atoms with E-state index in [2.05, 4.69) is 27.7 Å². The number of rotatable bonds is 3. The van der Waals surface area contributed by atoms with Crippen molar-refractivity contribution in [2.75, 3.05) is 0 Å². The third kappa shape index (κ3) is 2.47. The van der Waals surface area contributed by atoms with Gasteiger partial charge in [-0.2, -0.15) is 0 Å². The van der Waals surface area contributed by atoms with Crippen LogP contribution in [-0.2, 0) is 6.42 Å². The highest BCUT2D eigenvalue weighted by atomic mass is 16.3. The molecule has 2 aliphatic rings. The van der Waals surface area contributed by atoms with Crippen molar-refractivity contribution in [1.29, 1.82) is 0 Å². The Morgan fingerprint density at radius 3 is 2.61 bits per heavy atom. The zero-order chi connectivity index (χ0) is 16.9. The monoisotopic (exact) mass is 320 g/mol. The second-order valence-electron chi connectivity index (χ2n) is 8.88. The summed E-state index contributed by atoms with van der Waals surface area (Å²) in [6.07, 6.45) is 8.70. The first-order valence-electron chi connectivity index (χ1n) is 9.13. The number of aliphatic hydroxyl groups is 2. The summed E-state index contributed by atoms with van der Waals surface area (Å²) in [4.78, 5) is 0. The number of aliphatic hydroxyl groups excluding tert-OH is 1. The van der Waals surface area contributed by atoms with Gasteiger partial charge in [0, 0.05) is 5.41 Å². The molecule has 130 valence electrons. The van der Waals surface area contributed by atoms with E-state index in [-0.39, 0.29) is 16.9 Å². The van der Waals surface area contributed by atoms with Crippen LogP contribution in [0, 0.1) is 22.7 Å². The van der Waals surface area contributed by atoms with Crippen LogP contribution in [0.5, 0.6) is 0 Å². The van der Waals surface area contributed by atoms with Crippen molar-refractivity contribution in [2.45, 2.75) is 77.9 Å². The number of furan rings is 1. The van der Waals surface area contributed by atoms with Crippen LogP contribution in [0.2, 0.25) is 0 Å². The van der Waals surface area contributed by atoms with Crippen LogP contribution >= 0.6 is 0 Å². The number of fused-ring (bicyclic) bond motifs is 1. The Balaban J connectivity index is 1.90. The Morgan fingerprint density at radius 1 is 1.22 bits per heavy atom. The molecule has 2 saturated carbocycles. The maximum absolute atomic E-state index is 11.8. The molecule has 1 heterocycles. The Bertz CT molecular complexity index is 535. The van der Waals surface area contributed by atoms with Crippen LogP contribution in [0.25, 0.3) is 0 Å². The fourth-order valence-electron chi connectivity index (χ4n) is 5.76. The molecule has 0 spiro atoms. The molecule has 1 aromatic heterocycles. The second-order valence-corrected chi connectivity index (χ2v) is 8.88. The van der Waals surface area contributed by atoms with Gasteiger partial charge in [-0.15, -0.1) is 0 Å². The summed E-state index contributed by atoms with van der Waals surface area (Å²) < 4.78 is 5.18. The molecule has 0 aromatic carbocycles. The minimum Gasteiger partial charge on any atom is -0.472 e. The van der Waals surface area contributed by atoms with E-state index in [0.717, 1.165) is 44.1 Å². The van der Waals surface area contributed by atoms with E-state index in [9.17, 15) is 10.2 Å². The summed E-state index contributed by atoms with van der Waals surface area (Å²) in [5.74, 6) is 0.658. The lowest BCUT2D eigenvalue weighted by molar-refractivity contribution is -0.231. The Morgan fingerprint density at radius 2 is 1.96 bits per heavy atom. The quantitative estimate of drug-likeness (QED) is 0.878. The lowest BCUT2D eigenvalue weighted by atomic mass is 9.43. The topological polar surface area (TPSA) is 53.6 Å². The van der Waals surface area contributed by atoms with Gasteiger partial charge in [-0.3, -0.25) is 0 Å². The highest BCUT2D eigenvalue weighted by molar-refractivity contribution is 5.14. The summed E-state index contributed by atoms with van der Waals surface area (Å²) in [5.41, 5.74) is 0.227. The lowest BCUT2D eigenvalue weighted by Gasteiger charge is -2.64. The van der Waals surface area contributed by atoms with Crippen LogP contribution in [0.1, 0.15) is 65.4 Å². The fraction of sp³-hybridized carbons (Fsp3) is 0.800. The predicted octanol–water partition coefficient (Wildman–Crippen LogP) is 4.18. The van der Waals surface area contributed by atoms with E-state index in [1.165, 1.54) is 0 Å². The first kappa shape index (κ1) is 17.0. The average molecular weight is 320 g/mol. The Labute approximate surface area is 140 Å². The van der Waals surface area contributed by atoms with E-state index in [1.54, 1.807) is 12.5 Å². The van der Waals surface area contributed by atoms with E-state index in [1.807, 2.05) is 6.07 Å². The molecule has 5 atom stereocenters. The van der Waals surface area contributed by atoms with Gasteiger partial charge in [0.15, 0.2) is 0 Å². The standard InChI is InChI=1S/C20H32O3/c1-14-5-6-16-18(2,3)17(21)8-10-19(16,4)20(14,22)11-7-15-9-12-23-13-15/h9,12-14,16-17,21-22H,5-8,10-11H2,1-4H3/t14-,16+,17-,19+,20-/m1/s1. The SMILES string of the molecule is C[C@@H]1CC[C@H]2C(C)(C)[C@H](O)CC[C@]2(C)[C@@]1(O)CCc1ccoc1. The smallest absolute Gasteiger partial charge is 0.0934 e. The van der Waals surface area contributed by atoms with Crippen molar-refractivity contribution in [3.05, 3.63) is 24.2 Å². The highest BCUT2D eigenvalue weighted by Gasteiger charge is 2.62. The molecule has 23 heavy (non-hydrogen) atoms. The van der Waals surface area contributed by atoms with Crippen LogP contribution in [0.3, 0.4) is 0 Å². The van der Waals surface area contributed by atoms with Gasteiger partial charge in [0.05, 0.1) is 24.2 Å². The van der Waals surface area contributed by atoms with Gasteiger partial charge in [0.2, 0.25) is 0 Å². The van der Waals surface area contributed by atoms with Gasteiger partial charge in [-0.25, -0.2) is 0 Å². The van der Waals surface area contributed by atoms with Crippen LogP contribution < -0.4 is 0 Å². The van der Waals surface area contributed by atoms with Gasteiger partial charge in [-0.1, -0.05) is 27.7 Å². The van der Waals surface area contributed by atoms with Crippen molar-refractivity contribution in [2.24, 2.45) is 22.7 Å². The molecule has 3 nitrogen and oxygen atoms in total. The minimum atomic E-state index is -0.676. The van der Waals surface area contributed by atoms with Gasteiger partial charge in [0.25, 0.3) is 0 Å². The van der Waals surface area contributed by atoms with E-state index in [0.29, 0.717) is 11.8 Å². The van der Waals surface area contributed by atoms with E-state index < -0.39 is 5.60 Å². The summed E-state index contributed by atoms with van der Waals surface area (Å²) in [7, 11) is 0. The summed E-state index contributed by atoms with van der Waals surface area (Å²) in [5, 5.41) is 22.3. The summed E-state index contributed by atoms with van der Waals surface area (Å²) in [6, 6.07) is 1.99. The van der Waals surface area contributed by atoms with Crippen molar-refractivity contribution in [1.82, 2.24) is 0 Å². The number of hydrogen-bond donors (Lipinski definition) is 2. The molecule has 0 saturated heterocycles. The van der Waals surface area contributed by atoms with Crippen molar-refractivity contribution >= 4 is 0 Å². The molecule has 3 heteroatoms. The minimum absolute atomic E-state index is 0.128. The maximum atomic E-state index is 11.8. The normalized spacial score (nSPS) is 43.1. The Kier molecular flexibility index (Phi) is 4.17. The molecule has 2 N–H and O–H groups in total. The molecule has 0 bridgehead atoms. The third-order valence-electron chi connectivity index (χ3n) is 7.53. The zero-order valence-electron chi connectivity index (χ0n) is 15.0. The maximum Gasteiger partial charge on any atom is 0.0934 e. The number of aryl methyl sites for hydroxylation is 1. The Hall–Kier alpha value is -0.800. The molecular formula is C20H32O3. The summed E-state index contributed by atoms with van der Waals surface area (Å²) >= 11 is 0. The second kappa shape index (κ2) is 5.63. The number of hydrogen-bond acceptors (Lipinski definition) is 3. The van der Waals surface area contributed by atoms with Crippen LogP contribution in [0.15, 0.2) is 23.0 Å². The van der Waals surface area contributed by atoms with E-state index in [4.69, 9.17) is 4.42 Å². The van der Waals surface area contributed by atoms with Gasteiger partial charge < -0.3 is 14.6 Å². The summed E-state index contributed by atoms with van der Waals surface area (Å²) in [6.45, 7) is 8.85. The lowest BCUT2D eigenvalue weighted by Crippen LogP contribution is -2.64. The largest absolute Gasteiger partial charge is 0.472 e. The highest BCUT2D eigenvalue weighted by Crippen LogP contribution is 2.63. The van der Waals surface area contributed by atoms with Crippen molar-refractivity contribution in [3.63, 3.8) is 0 Å². The molecule has 0 aliphatic heterocycles. The average Bonchev–Trinajstić information content (AvgIpc) is 3.00. The first-order chi connectivity index (χ1) is 10.7. The molecule has 0 unspecified atom stereocenters. The molecule has 2 fully saturated rings. The fourth-order valence-corrected chi connectivity index (χ4v) is 5.76. The molecule has 2 aliphatic carbocycles. The van der Waals surface area contributed by atoms with Gasteiger partial charge >= 0.3 is 0 Å². The molecule has 0 amide bonds. The third-order valence-corrected chi connectivity index (χ3v) is 7.53. The van der Waals surface area contributed by atoms with Crippen LogP contribution in [-0.4, -0.2) is 21.9 Å². The van der Waals surface area contributed by atoms with Crippen molar-refractivity contribution in [3.8, 4) is 0 Å². The van der Waals surface area contributed by atoms with Gasteiger partial charge in [-0.05, 0) is 67.4 Å². The molecule has 0 radical (unpaired) electrons. The first-order valence-corrected chi connectivity index (χ1v) is 9.13. The van der Waals surface area contributed by atoms with Gasteiger partial charge in [0.1, 0.15) is 0 Å². The molecule has 1 aromatic rings.